The minimum atomic E-state index is 0.101. The molecule has 7 heteroatoms. The summed E-state index contributed by atoms with van der Waals surface area (Å²) in [6.07, 6.45) is 2.60. The van der Waals surface area contributed by atoms with Gasteiger partial charge in [0.2, 0.25) is 0 Å². The SMILES string of the molecule is CN=C(NCc1csc(C(C)(C)C)n1)N1CCOC(C2CCCO2)C1. The highest BCUT2D eigenvalue weighted by Crippen LogP contribution is 2.25. The molecule has 0 aromatic carbocycles. The van der Waals surface area contributed by atoms with E-state index >= 15 is 0 Å². The average molecular weight is 367 g/mol. The monoisotopic (exact) mass is 366 g/mol. The van der Waals surface area contributed by atoms with E-state index in [2.05, 4.69) is 41.4 Å². The second-order valence-corrected chi connectivity index (χ2v) is 8.56. The van der Waals surface area contributed by atoms with E-state index < -0.39 is 0 Å². The summed E-state index contributed by atoms with van der Waals surface area (Å²) in [5.41, 5.74) is 1.17. The number of hydrogen-bond acceptors (Lipinski definition) is 5. The van der Waals surface area contributed by atoms with Gasteiger partial charge in [0.05, 0.1) is 30.0 Å². The summed E-state index contributed by atoms with van der Waals surface area (Å²) in [7, 11) is 1.83. The molecule has 1 aromatic heterocycles. The van der Waals surface area contributed by atoms with Gasteiger partial charge in [0, 0.05) is 37.5 Å². The highest BCUT2D eigenvalue weighted by atomic mass is 32.1. The zero-order valence-corrected chi connectivity index (χ0v) is 16.6. The molecule has 2 atom stereocenters. The molecule has 3 rings (SSSR count). The number of aromatic nitrogens is 1. The molecule has 0 aliphatic carbocycles. The molecule has 6 nitrogen and oxygen atoms in total. The molecule has 2 unspecified atom stereocenters. The minimum Gasteiger partial charge on any atom is -0.375 e. The van der Waals surface area contributed by atoms with Gasteiger partial charge in [0.1, 0.15) is 6.10 Å². The molecule has 0 bridgehead atoms. The van der Waals surface area contributed by atoms with E-state index in [4.69, 9.17) is 14.5 Å². The van der Waals surface area contributed by atoms with E-state index in [0.717, 1.165) is 50.8 Å². The van der Waals surface area contributed by atoms with Crippen LogP contribution in [-0.4, -0.2) is 61.4 Å². The van der Waals surface area contributed by atoms with Crippen molar-refractivity contribution < 1.29 is 9.47 Å². The summed E-state index contributed by atoms with van der Waals surface area (Å²) >= 11 is 1.73. The maximum Gasteiger partial charge on any atom is 0.194 e. The van der Waals surface area contributed by atoms with Crippen LogP contribution in [0.15, 0.2) is 10.4 Å². The van der Waals surface area contributed by atoms with Crippen LogP contribution >= 0.6 is 11.3 Å². The fraction of sp³-hybridized carbons (Fsp3) is 0.778. The minimum absolute atomic E-state index is 0.101. The normalized spacial score (nSPS) is 25.4. The van der Waals surface area contributed by atoms with Gasteiger partial charge in [-0.2, -0.15) is 0 Å². The molecule has 2 saturated heterocycles. The quantitative estimate of drug-likeness (QED) is 0.657. The fourth-order valence-corrected chi connectivity index (χ4v) is 4.13. The summed E-state index contributed by atoms with van der Waals surface area (Å²) < 4.78 is 11.7. The smallest absolute Gasteiger partial charge is 0.194 e. The highest BCUT2D eigenvalue weighted by molar-refractivity contribution is 7.09. The summed E-state index contributed by atoms with van der Waals surface area (Å²) in [5.74, 6) is 0.914. The van der Waals surface area contributed by atoms with Crippen LogP contribution in [0.2, 0.25) is 0 Å². The third kappa shape index (κ3) is 4.71. The highest BCUT2D eigenvalue weighted by Gasteiger charge is 2.32. The van der Waals surface area contributed by atoms with E-state index in [1.54, 1.807) is 11.3 Å². The van der Waals surface area contributed by atoms with Gasteiger partial charge in [0.15, 0.2) is 5.96 Å². The second-order valence-electron chi connectivity index (χ2n) is 7.70. The lowest BCUT2D eigenvalue weighted by Crippen LogP contribution is -2.53. The second kappa shape index (κ2) is 8.01. The van der Waals surface area contributed by atoms with E-state index in [9.17, 15) is 0 Å². The van der Waals surface area contributed by atoms with Crippen molar-refractivity contribution in [3.05, 3.63) is 16.1 Å². The third-order valence-corrected chi connectivity index (χ3v) is 5.92. The van der Waals surface area contributed by atoms with Gasteiger partial charge in [-0.1, -0.05) is 20.8 Å². The Hall–Kier alpha value is -1.18. The van der Waals surface area contributed by atoms with Gasteiger partial charge < -0.3 is 19.7 Å². The molecular weight excluding hydrogens is 336 g/mol. The van der Waals surface area contributed by atoms with Crippen LogP contribution < -0.4 is 5.32 Å². The Morgan fingerprint density at radius 1 is 1.36 bits per heavy atom. The lowest BCUT2D eigenvalue weighted by molar-refractivity contribution is -0.0817. The number of thiazole rings is 1. The first kappa shape index (κ1) is 18.6. The van der Waals surface area contributed by atoms with Gasteiger partial charge >= 0.3 is 0 Å². The molecule has 0 amide bonds. The van der Waals surface area contributed by atoms with E-state index in [1.165, 1.54) is 5.01 Å². The molecule has 2 fully saturated rings. The van der Waals surface area contributed by atoms with Gasteiger partial charge in [0.25, 0.3) is 0 Å². The fourth-order valence-electron chi connectivity index (χ4n) is 3.22. The van der Waals surface area contributed by atoms with Crippen molar-refractivity contribution in [1.82, 2.24) is 15.2 Å². The van der Waals surface area contributed by atoms with Crippen LogP contribution in [0.1, 0.15) is 44.3 Å². The lowest BCUT2D eigenvalue weighted by atomic mass is 9.98. The average Bonchev–Trinajstić information content (AvgIpc) is 3.27. The van der Waals surface area contributed by atoms with Crippen molar-refractivity contribution in [2.24, 2.45) is 4.99 Å². The molecular formula is C18H30N4O2S. The van der Waals surface area contributed by atoms with Crippen LogP contribution in [0.5, 0.6) is 0 Å². The Bertz CT molecular complexity index is 590. The Labute approximate surface area is 154 Å². The zero-order valence-electron chi connectivity index (χ0n) is 15.7. The van der Waals surface area contributed by atoms with E-state index in [1.807, 2.05) is 7.05 Å². The number of guanidine groups is 1. The molecule has 25 heavy (non-hydrogen) atoms. The molecule has 2 aliphatic rings. The largest absolute Gasteiger partial charge is 0.375 e. The van der Waals surface area contributed by atoms with Gasteiger partial charge in [-0.15, -0.1) is 11.3 Å². The molecule has 1 aromatic rings. The predicted molar refractivity (Wildman–Crippen MR) is 101 cm³/mol. The number of aliphatic imine (C=N–C) groups is 1. The first-order valence-corrected chi connectivity index (χ1v) is 9.99. The van der Waals surface area contributed by atoms with Crippen molar-refractivity contribution in [2.75, 3.05) is 33.4 Å². The van der Waals surface area contributed by atoms with Crippen molar-refractivity contribution in [2.45, 2.75) is 57.8 Å². The Morgan fingerprint density at radius 3 is 2.80 bits per heavy atom. The zero-order chi connectivity index (χ0) is 17.9. The molecule has 1 N–H and O–H groups in total. The third-order valence-electron chi connectivity index (χ3n) is 4.61. The molecule has 0 saturated carbocycles. The summed E-state index contributed by atoms with van der Waals surface area (Å²) in [5, 5.41) is 6.76. The van der Waals surface area contributed by atoms with Gasteiger partial charge in [-0.3, -0.25) is 4.99 Å². The number of ether oxygens (including phenoxy) is 2. The molecule has 0 spiro atoms. The molecule has 140 valence electrons. The topological polar surface area (TPSA) is 59.0 Å². The number of nitrogens with zero attached hydrogens (tertiary/aromatic N) is 3. The van der Waals surface area contributed by atoms with Gasteiger partial charge in [-0.25, -0.2) is 4.98 Å². The standard InChI is InChI=1S/C18H30N4O2S/c1-18(2,3)16-21-13(12-25-16)10-20-17(19-4)22-7-9-24-15(11-22)14-6-5-8-23-14/h12,14-15H,5-11H2,1-4H3,(H,19,20). The van der Waals surface area contributed by atoms with Crippen molar-refractivity contribution >= 4 is 17.3 Å². The first-order chi connectivity index (χ1) is 12.0. The van der Waals surface area contributed by atoms with Crippen molar-refractivity contribution in [1.29, 1.82) is 0 Å². The summed E-state index contributed by atoms with van der Waals surface area (Å²) in [6, 6.07) is 0. The predicted octanol–water partition coefficient (Wildman–Crippen LogP) is 2.40. The number of morpholine rings is 1. The molecule has 2 aliphatic heterocycles. The van der Waals surface area contributed by atoms with Crippen LogP contribution in [0.25, 0.3) is 0 Å². The van der Waals surface area contributed by atoms with Crippen LogP contribution in [-0.2, 0) is 21.4 Å². The number of hydrogen-bond donors (Lipinski definition) is 1. The number of nitrogens with one attached hydrogen (secondary N) is 1. The molecule has 0 radical (unpaired) electrons. The Balaban J connectivity index is 1.56. The van der Waals surface area contributed by atoms with Crippen molar-refractivity contribution in [3.63, 3.8) is 0 Å². The lowest BCUT2D eigenvalue weighted by Gasteiger charge is -2.37. The first-order valence-electron chi connectivity index (χ1n) is 9.11. The van der Waals surface area contributed by atoms with E-state index in [0.29, 0.717) is 6.54 Å². The van der Waals surface area contributed by atoms with Crippen LogP contribution in [0.3, 0.4) is 0 Å². The van der Waals surface area contributed by atoms with Crippen molar-refractivity contribution in [3.8, 4) is 0 Å². The summed E-state index contributed by atoms with van der Waals surface area (Å²) in [4.78, 5) is 11.5. The summed E-state index contributed by atoms with van der Waals surface area (Å²) in [6.45, 7) is 10.5. The Kier molecular flexibility index (Phi) is 5.96. The maximum absolute atomic E-state index is 5.93. The maximum atomic E-state index is 5.93. The molecule has 3 heterocycles. The van der Waals surface area contributed by atoms with Crippen LogP contribution in [0, 0.1) is 0 Å². The van der Waals surface area contributed by atoms with Crippen LogP contribution in [0.4, 0.5) is 0 Å². The van der Waals surface area contributed by atoms with Gasteiger partial charge in [-0.05, 0) is 12.8 Å². The van der Waals surface area contributed by atoms with E-state index in [-0.39, 0.29) is 17.6 Å². The number of rotatable bonds is 3. The Morgan fingerprint density at radius 2 is 2.16 bits per heavy atom.